The maximum Gasteiger partial charge on any atom is 0.321 e. The van der Waals surface area contributed by atoms with Gasteiger partial charge in [0.1, 0.15) is 0 Å². The Morgan fingerprint density at radius 3 is 2.35 bits per heavy atom. The number of urea groups is 1. The highest BCUT2D eigenvalue weighted by Crippen LogP contribution is 2.12. The SMILES string of the molecule is CCCN(CC)C(=O)Nc1ccc(CCC(=O)O)cc1. The van der Waals surface area contributed by atoms with E-state index in [1.54, 1.807) is 17.0 Å². The van der Waals surface area contributed by atoms with Gasteiger partial charge in [-0.3, -0.25) is 4.79 Å². The van der Waals surface area contributed by atoms with Gasteiger partial charge in [-0.15, -0.1) is 0 Å². The van der Waals surface area contributed by atoms with Gasteiger partial charge in [0.2, 0.25) is 0 Å². The van der Waals surface area contributed by atoms with Crippen LogP contribution in [0.15, 0.2) is 24.3 Å². The fourth-order valence-corrected chi connectivity index (χ4v) is 1.88. The molecule has 0 spiro atoms. The number of carboxylic acids is 1. The van der Waals surface area contributed by atoms with E-state index in [0.717, 1.165) is 24.2 Å². The molecule has 2 amide bonds. The van der Waals surface area contributed by atoms with Crippen molar-refractivity contribution >= 4 is 17.7 Å². The number of rotatable bonds is 7. The summed E-state index contributed by atoms with van der Waals surface area (Å²) < 4.78 is 0. The largest absolute Gasteiger partial charge is 0.481 e. The van der Waals surface area contributed by atoms with Gasteiger partial charge in [0.05, 0.1) is 0 Å². The van der Waals surface area contributed by atoms with E-state index < -0.39 is 5.97 Å². The Labute approximate surface area is 119 Å². The molecule has 0 heterocycles. The van der Waals surface area contributed by atoms with Crippen LogP contribution >= 0.6 is 0 Å². The molecule has 0 aliphatic rings. The van der Waals surface area contributed by atoms with Gasteiger partial charge in [-0.25, -0.2) is 4.79 Å². The van der Waals surface area contributed by atoms with Crippen molar-refractivity contribution in [2.75, 3.05) is 18.4 Å². The Morgan fingerprint density at radius 2 is 1.85 bits per heavy atom. The molecule has 5 nitrogen and oxygen atoms in total. The molecule has 0 saturated heterocycles. The van der Waals surface area contributed by atoms with Crippen molar-refractivity contribution in [2.24, 2.45) is 0 Å². The van der Waals surface area contributed by atoms with Crippen LogP contribution in [0.5, 0.6) is 0 Å². The summed E-state index contributed by atoms with van der Waals surface area (Å²) in [6.07, 6.45) is 1.54. The highest BCUT2D eigenvalue weighted by molar-refractivity contribution is 5.89. The highest BCUT2D eigenvalue weighted by atomic mass is 16.4. The lowest BCUT2D eigenvalue weighted by Crippen LogP contribution is -2.35. The lowest BCUT2D eigenvalue weighted by Gasteiger charge is -2.20. The van der Waals surface area contributed by atoms with Crippen molar-refractivity contribution < 1.29 is 14.7 Å². The zero-order chi connectivity index (χ0) is 15.0. The molecule has 20 heavy (non-hydrogen) atoms. The molecule has 0 atom stereocenters. The molecule has 0 unspecified atom stereocenters. The van der Waals surface area contributed by atoms with Crippen molar-refractivity contribution in [3.63, 3.8) is 0 Å². The lowest BCUT2D eigenvalue weighted by atomic mass is 10.1. The molecule has 0 aliphatic carbocycles. The first kappa shape index (κ1) is 16.0. The predicted molar refractivity (Wildman–Crippen MR) is 79.0 cm³/mol. The van der Waals surface area contributed by atoms with Crippen molar-refractivity contribution in [2.45, 2.75) is 33.1 Å². The molecule has 110 valence electrons. The summed E-state index contributed by atoms with van der Waals surface area (Å²) in [4.78, 5) is 24.2. The van der Waals surface area contributed by atoms with Gasteiger partial charge >= 0.3 is 12.0 Å². The molecule has 0 fully saturated rings. The number of carboxylic acid groups (broad SMARTS) is 1. The second-order valence-electron chi connectivity index (χ2n) is 4.60. The van der Waals surface area contributed by atoms with Gasteiger partial charge in [-0.1, -0.05) is 19.1 Å². The number of nitrogens with one attached hydrogen (secondary N) is 1. The maximum atomic E-state index is 12.0. The smallest absolute Gasteiger partial charge is 0.321 e. The summed E-state index contributed by atoms with van der Waals surface area (Å²) >= 11 is 0. The maximum absolute atomic E-state index is 12.0. The van der Waals surface area contributed by atoms with Crippen molar-refractivity contribution in [1.82, 2.24) is 4.90 Å². The number of nitrogens with zero attached hydrogens (tertiary/aromatic N) is 1. The molecule has 0 radical (unpaired) electrons. The number of aryl methyl sites for hydroxylation is 1. The molecular weight excluding hydrogens is 256 g/mol. The third-order valence-electron chi connectivity index (χ3n) is 3.00. The van der Waals surface area contributed by atoms with Crippen LogP contribution in [-0.2, 0) is 11.2 Å². The van der Waals surface area contributed by atoms with Gasteiger partial charge in [0, 0.05) is 25.2 Å². The van der Waals surface area contributed by atoms with E-state index in [1.807, 2.05) is 26.0 Å². The molecule has 1 aromatic rings. The van der Waals surface area contributed by atoms with Crippen LogP contribution in [0.25, 0.3) is 0 Å². The van der Waals surface area contributed by atoms with Gasteiger partial charge in [-0.2, -0.15) is 0 Å². The number of hydrogen-bond donors (Lipinski definition) is 2. The van der Waals surface area contributed by atoms with Crippen LogP contribution in [-0.4, -0.2) is 35.1 Å². The zero-order valence-electron chi connectivity index (χ0n) is 12.1. The standard InChI is InChI=1S/C15H22N2O3/c1-3-11-17(4-2)15(20)16-13-8-5-12(6-9-13)7-10-14(18)19/h5-6,8-9H,3-4,7,10-11H2,1-2H3,(H,16,20)(H,18,19). The summed E-state index contributed by atoms with van der Waals surface area (Å²) in [5, 5.41) is 11.5. The highest BCUT2D eigenvalue weighted by Gasteiger charge is 2.10. The molecule has 0 aliphatic heterocycles. The van der Waals surface area contributed by atoms with Crippen molar-refractivity contribution in [3.8, 4) is 0 Å². The molecule has 2 N–H and O–H groups in total. The summed E-state index contributed by atoms with van der Waals surface area (Å²) in [5.74, 6) is -0.805. The topological polar surface area (TPSA) is 69.6 Å². The summed E-state index contributed by atoms with van der Waals surface area (Å²) in [6.45, 7) is 5.40. The second-order valence-corrected chi connectivity index (χ2v) is 4.60. The minimum atomic E-state index is -0.805. The number of hydrogen-bond acceptors (Lipinski definition) is 2. The zero-order valence-corrected chi connectivity index (χ0v) is 12.1. The fraction of sp³-hybridized carbons (Fsp3) is 0.467. The third-order valence-corrected chi connectivity index (χ3v) is 3.00. The number of aliphatic carboxylic acids is 1. The Morgan fingerprint density at radius 1 is 1.20 bits per heavy atom. The predicted octanol–water partition coefficient (Wildman–Crippen LogP) is 2.97. The van der Waals surface area contributed by atoms with Crippen LogP contribution in [0, 0.1) is 0 Å². The second kappa shape index (κ2) is 8.19. The van der Waals surface area contributed by atoms with Gasteiger partial charge in [0.25, 0.3) is 0 Å². The van der Waals surface area contributed by atoms with E-state index in [1.165, 1.54) is 0 Å². The molecule has 0 bridgehead atoms. The third kappa shape index (κ3) is 5.30. The number of benzene rings is 1. The van der Waals surface area contributed by atoms with Gasteiger partial charge in [0.15, 0.2) is 0 Å². The molecule has 1 rings (SSSR count). The van der Waals surface area contributed by atoms with Crippen LogP contribution in [0.4, 0.5) is 10.5 Å². The van der Waals surface area contributed by atoms with Crippen LogP contribution < -0.4 is 5.32 Å². The average molecular weight is 278 g/mol. The van der Waals surface area contributed by atoms with Crippen molar-refractivity contribution in [3.05, 3.63) is 29.8 Å². The molecule has 0 saturated carbocycles. The molecular formula is C15H22N2O3. The van der Waals surface area contributed by atoms with E-state index >= 15 is 0 Å². The Balaban J connectivity index is 2.56. The number of anilines is 1. The van der Waals surface area contributed by atoms with E-state index in [4.69, 9.17) is 5.11 Å². The minimum absolute atomic E-state index is 0.104. The Bertz CT molecular complexity index is 443. The number of carbonyl (C=O) groups is 2. The monoisotopic (exact) mass is 278 g/mol. The van der Waals surface area contributed by atoms with E-state index in [-0.39, 0.29) is 12.5 Å². The Kier molecular flexibility index (Phi) is 6.56. The first-order chi connectivity index (χ1) is 9.56. The molecule has 1 aromatic carbocycles. The number of amides is 2. The van der Waals surface area contributed by atoms with Crippen molar-refractivity contribution in [1.29, 1.82) is 0 Å². The minimum Gasteiger partial charge on any atom is -0.481 e. The molecule has 5 heteroatoms. The average Bonchev–Trinajstić information content (AvgIpc) is 2.43. The number of carbonyl (C=O) groups excluding carboxylic acids is 1. The van der Waals surface area contributed by atoms with Crippen LogP contribution in [0.2, 0.25) is 0 Å². The van der Waals surface area contributed by atoms with Crippen LogP contribution in [0.3, 0.4) is 0 Å². The normalized spacial score (nSPS) is 10.1. The lowest BCUT2D eigenvalue weighted by molar-refractivity contribution is -0.136. The van der Waals surface area contributed by atoms with E-state index in [2.05, 4.69) is 5.32 Å². The van der Waals surface area contributed by atoms with Crippen LogP contribution in [0.1, 0.15) is 32.3 Å². The first-order valence-corrected chi connectivity index (χ1v) is 6.93. The summed E-state index contributed by atoms with van der Waals surface area (Å²) in [5.41, 5.74) is 1.68. The van der Waals surface area contributed by atoms with Gasteiger partial charge < -0.3 is 15.3 Å². The van der Waals surface area contributed by atoms with Gasteiger partial charge in [-0.05, 0) is 37.5 Å². The molecule has 0 aromatic heterocycles. The summed E-state index contributed by atoms with van der Waals surface area (Å²) in [6, 6.07) is 7.18. The van der Waals surface area contributed by atoms with E-state index in [0.29, 0.717) is 13.0 Å². The Hall–Kier alpha value is -2.04. The summed E-state index contributed by atoms with van der Waals surface area (Å²) in [7, 11) is 0. The fourth-order valence-electron chi connectivity index (χ4n) is 1.88. The van der Waals surface area contributed by atoms with E-state index in [9.17, 15) is 9.59 Å². The first-order valence-electron chi connectivity index (χ1n) is 6.93. The quantitative estimate of drug-likeness (QED) is 0.805.